The van der Waals surface area contributed by atoms with E-state index in [4.69, 9.17) is 9.47 Å². The highest BCUT2D eigenvalue weighted by Gasteiger charge is 2.23. The quantitative estimate of drug-likeness (QED) is 0.644. The van der Waals surface area contributed by atoms with Crippen LogP contribution in [0.1, 0.15) is 26.7 Å². The number of para-hydroxylation sites is 1. The van der Waals surface area contributed by atoms with Crippen LogP contribution in [0.25, 0.3) is 0 Å². The van der Waals surface area contributed by atoms with Crippen molar-refractivity contribution in [1.82, 2.24) is 0 Å². The number of ether oxygens (including phenoxy) is 2. The number of benzene rings is 1. The first kappa shape index (κ1) is 15.6. The van der Waals surface area contributed by atoms with Gasteiger partial charge in [0.15, 0.2) is 5.75 Å². The summed E-state index contributed by atoms with van der Waals surface area (Å²) in [4.78, 5) is 10.9. The maximum absolute atomic E-state index is 11.3. The van der Waals surface area contributed by atoms with E-state index in [1.54, 1.807) is 18.2 Å². The molecule has 1 N–H and O–H groups in total. The fourth-order valence-corrected chi connectivity index (χ4v) is 2.43. The molecule has 1 saturated heterocycles. The molecule has 0 spiro atoms. The summed E-state index contributed by atoms with van der Waals surface area (Å²) in [6.07, 6.45) is 2.03. The third kappa shape index (κ3) is 4.32. The number of anilines is 1. The average Bonchev–Trinajstić information content (AvgIpc) is 2.45. The van der Waals surface area contributed by atoms with Crippen molar-refractivity contribution in [3.05, 3.63) is 28.3 Å². The Morgan fingerprint density at radius 3 is 2.95 bits per heavy atom. The monoisotopic (exact) mass is 294 g/mol. The van der Waals surface area contributed by atoms with Crippen LogP contribution < -0.4 is 10.1 Å². The number of nitrogens with zero attached hydrogens (tertiary/aromatic N) is 1. The van der Waals surface area contributed by atoms with Crippen LogP contribution >= 0.6 is 0 Å². The lowest BCUT2D eigenvalue weighted by Crippen LogP contribution is -2.24. The number of nitro groups is 1. The molecule has 0 amide bonds. The highest BCUT2D eigenvalue weighted by atomic mass is 16.6. The van der Waals surface area contributed by atoms with E-state index in [1.165, 1.54) is 0 Å². The summed E-state index contributed by atoms with van der Waals surface area (Å²) in [7, 11) is 0. The summed E-state index contributed by atoms with van der Waals surface area (Å²) in [6.45, 7) is 5.90. The fourth-order valence-electron chi connectivity index (χ4n) is 2.43. The van der Waals surface area contributed by atoms with Gasteiger partial charge in [-0.3, -0.25) is 10.1 Å². The maximum atomic E-state index is 11.3. The van der Waals surface area contributed by atoms with Crippen molar-refractivity contribution in [2.24, 2.45) is 5.92 Å². The Bertz CT molecular complexity index is 485. The van der Waals surface area contributed by atoms with Crippen LogP contribution in [0.15, 0.2) is 18.2 Å². The first-order chi connectivity index (χ1) is 10.1. The molecule has 0 aromatic heterocycles. The van der Waals surface area contributed by atoms with Crippen LogP contribution in [-0.2, 0) is 4.74 Å². The largest absolute Gasteiger partial charge is 0.484 e. The number of nitrogens with one attached hydrogen (secondary N) is 1. The van der Waals surface area contributed by atoms with Gasteiger partial charge in [-0.1, -0.05) is 6.07 Å². The number of hydrogen-bond acceptors (Lipinski definition) is 5. The van der Waals surface area contributed by atoms with E-state index in [0.29, 0.717) is 30.5 Å². The predicted octanol–water partition coefficient (Wildman–Crippen LogP) is 3.22. The lowest BCUT2D eigenvalue weighted by Gasteiger charge is -2.22. The van der Waals surface area contributed by atoms with E-state index in [1.807, 2.05) is 13.8 Å². The SMILES string of the molecule is CC(C)Oc1cccc(NCC2CCCOC2)c1[N+](=O)[O-]. The lowest BCUT2D eigenvalue weighted by molar-refractivity contribution is -0.385. The normalized spacial score (nSPS) is 18.5. The van der Waals surface area contributed by atoms with Gasteiger partial charge >= 0.3 is 5.69 Å². The molecule has 1 aromatic rings. The molecular weight excluding hydrogens is 272 g/mol. The minimum atomic E-state index is -0.391. The second-order valence-corrected chi connectivity index (χ2v) is 5.54. The minimum Gasteiger partial charge on any atom is -0.484 e. The predicted molar refractivity (Wildman–Crippen MR) is 80.9 cm³/mol. The van der Waals surface area contributed by atoms with Gasteiger partial charge in [0, 0.05) is 13.2 Å². The first-order valence-corrected chi connectivity index (χ1v) is 7.33. The minimum absolute atomic E-state index is 0.00271. The lowest BCUT2D eigenvalue weighted by atomic mass is 10.0. The summed E-state index contributed by atoms with van der Waals surface area (Å²) >= 11 is 0. The van der Waals surface area contributed by atoms with Gasteiger partial charge in [0.1, 0.15) is 5.69 Å². The van der Waals surface area contributed by atoms with E-state index >= 15 is 0 Å². The van der Waals surface area contributed by atoms with Gasteiger partial charge in [0.05, 0.1) is 17.6 Å². The van der Waals surface area contributed by atoms with Gasteiger partial charge in [0.2, 0.25) is 0 Å². The molecule has 1 aromatic carbocycles. The van der Waals surface area contributed by atoms with Crippen LogP contribution in [0.2, 0.25) is 0 Å². The molecule has 0 saturated carbocycles. The molecule has 1 unspecified atom stereocenters. The van der Waals surface area contributed by atoms with E-state index in [0.717, 1.165) is 19.4 Å². The molecule has 6 nitrogen and oxygen atoms in total. The van der Waals surface area contributed by atoms with Crippen LogP contribution in [-0.4, -0.2) is 30.8 Å². The van der Waals surface area contributed by atoms with E-state index in [2.05, 4.69) is 5.32 Å². The van der Waals surface area contributed by atoms with Gasteiger partial charge < -0.3 is 14.8 Å². The smallest absolute Gasteiger partial charge is 0.333 e. The zero-order valence-electron chi connectivity index (χ0n) is 12.5. The molecule has 1 heterocycles. The van der Waals surface area contributed by atoms with Crippen LogP contribution in [0, 0.1) is 16.0 Å². The third-order valence-electron chi connectivity index (χ3n) is 3.38. The Morgan fingerprint density at radius 1 is 1.52 bits per heavy atom. The number of nitro benzene ring substituents is 1. The second kappa shape index (κ2) is 7.26. The number of hydrogen-bond donors (Lipinski definition) is 1. The first-order valence-electron chi connectivity index (χ1n) is 7.33. The van der Waals surface area contributed by atoms with Crippen molar-refractivity contribution in [2.45, 2.75) is 32.8 Å². The molecule has 0 radical (unpaired) electrons. The highest BCUT2D eigenvalue weighted by Crippen LogP contribution is 2.35. The van der Waals surface area contributed by atoms with Crippen molar-refractivity contribution in [1.29, 1.82) is 0 Å². The molecule has 1 aliphatic rings. The molecule has 116 valence electrons. The molecular formula is C15H22N2O4. The van der Waals surface area contributed by atoms with Crippen LogP contribution in [0.4, 0.5) is 11.4 Å². The summed E-state index contributed by atoms with van der Waals surface area (Å²) in [6, 6.07) is 5.12. The Labute approximate surface area is 124 Å². The van der Waals surface area contributed by atoms with Gasteiger partial charge in [-0.2, -0.15) is 0 Å². The Hall–Kier alpha value is -1.82. The Morgan fingerprint density at radius 2 is 2.33 bits per heavy atom. The maximum Gasteiger partial charge on any atom is 0.333 e. The van der Waals surface area contributed by atoms with Crippen molar-refractivity contribution >= 4 is 11.4 Å². The topological polar surface area (TPSA) is 73.6 Å². The van der Waals surface area contributed by atoms with E-state index < -0.39 is 4.92 Å². The molecule has 0 bridgehead atoms. The molecule has 1 aliphatic heterocycles. The van der Waals surface area contributed by atoms with Crippen molar-refractivity contribution < 1.29 is 14.4 Å². The van der Waals surface area contributed by atoms with Gasteiger partial charge in [-0.25, -0.2) is 0 Å². The molecule has 2 rings (SSSR count). The van der Waals surface area contributed by atoms with Crippen LogP contribution in [0.3, 0.4) is 0 Å². The molecule has 1 fully saturated rings. The summed E-state index contributed by atoms with van der Waals surface area (Å²) in [5.74, 6) is 0.702. The summed E-state index contributed by atoms with van der Waals surface area (Å²) in [5.41, 5.74) is 0.506. The van der Waals surface area contributed by atoms with Gasteiger partial charge in [0.25, 0.3) is 0 Å². The number of rotatable bonds is 6. The molecule has 6 heteroatoms. The highest BCUT2D eigenvalue weighted by molar-refractivity contribution is 5.68. The average molecular weight is 294 g/mol. The van der Waals surface area contributed by atoms with Crippen molar-refractivity contribution in [2.75, 3.05) is 25.1 Å². The zero-order valence-corrected chi connectivity index (χ0v) is 12.5. The fraction of sp³-hybridized carbons (Fsp3) is 0.600. The Balaban J connectivity index is 2.11. The second-order valence-electron chi connectivity index (χ2n) is 5.54. The van der Waals surface area contributed by atoms with Gasteiger partial charge in [-0.15, -0.1) is 0 Å². The van der Waals surface area contributed by atoms with E-state index in [-0.39, 0.29) is 11.8 Å². The Kier molecular flexibility index (Phi) is 5.38. The molecule has 0 aliphatic carbocycles. The summed E-state index contributed by atoms with van der Waals surface area (Å²) < 4.78 is 11.0. The zero-order chi connectivity index (χ0) is 15.2. The molecule has 1 atom stereocenters. The van der Waals surface area contributed by atoms with E-state index in [9.17, 15) is 10.1 Å². The summed E-state index contributed by atoms with van der Waals surface area (Å²) in [5, 5.41) is 14.5. The molecule has 21 heavy (non-hydrogen) atoms. The third-order valence-corrected chi connectivity index (χ3v) is 3.38. The van der Waals surface area contributed by atoms with Crippen LogP contribution in [0.5, 0.6) is 5.75 Å². The standard InChI is InChI=1S/C15H22N2O4/c1-11(2)21-14-7-3-6-13(15(14)17(18)19)16-9-12-5-4-8-20-10-12/h3,6-7,11-12,16H,4-5,8-10H2,1-2H3. The van der Waals surface area contributed by atoms with Crippen molar-refractivity contribution in [3.8, 4) is 5.75 Å². The van der Waals surface area contributed by atoms with Crippen molar-refractivity contribution in [3.63, 3.8) is 0 Å². The van der Waals surface area contributed by atoms with Gasteiger partial charge in [-0.05, 0) is 44.7 Å².